The van der Waals surface area contributed by atoms with Gasteiger partial charge in [0.1, 0.15) is 0 Å². The van der Waals surface area contributed by atoms with Crippen LogP contribution in [0.3, 0.4) is 0 Å². The third-order valence-electron chi connectivity index (χ3n) is 6.72. The highest BCUT2D eigenvalue weighted by molar-refractivity contribution is 6.12. The summed E-state index contributed by atoms with van der Waals surface area (Å²) in [5.41, 5.74) is -0.819. The molecule has 0 aliphatic carbocycles. The van der Waals surface area contributed by atoms with Gasteiger partial charge < -0.3 is 30.0 Å². The van der Waals surface area contributed by atoms with Gasteiger partial charge in [0.15, 0.2) is 5.75 Å². The monoisotopic (exact) mass is 560 g/mol. The van der Waals surface area contributed by atoms with Gasteiger partial charge in [-0.2, -0.15) is 0 Å². The molecule has 13 nitrogen and oxygen atoms in total. The molecule has 0 saturated carbocycles. The number of nitrogens with zero attached hydrogens (tertiary/aromatic N) is 4. The molecule has 2 aromatic carbocycles. The number of aromatic hydroxyl groups is 2. The quantitative estimate of drug-likeness (QED) is 0.135. The van der Waals surface area contributed by atoms with E-state index >= 15 is 0 Å². The Morgan fingerprint density at radius 2 is 1.40 bits per heavy atom. The van der Waals surface area contributed by atoms with Crippen molar-refractivity contribution in [3.05, 3.63) is 39.4 Å². The van der Waals surface area contributed by atoms with Crippen molar-refractivity contribution in [2.45, 2.75) is 46.5 Å². The summed E-state index contributed by atoms with van der Waals surface area (Å²) in [5, 5.41) is 40.7. The van der Waals surface area contributed by atoms with Crippen molar-refractivity contribution < 1.29 is 39.4 Å². The lowest BCUT2D eigenvalue weighted by molar-refractivity contribution is -0.384. The van der Waals surface area contributed by atoms with E-state index in [1.165, 1.54) is 26.8 Å². The van der Waals surface area contributed by atoms with Gasteiger partial charge in [-0.05, 0) is 57.2 Å². The Morgan fingerprint density at radius 1 is 0.850 bits per heavy atom. The molecular formula is C27H36N4O9. The van der Waals surface area contributed by atoms with Crippen molar-refractivity contribution >= 4 is 40.2 Å². The number of aliphatic carboxylic acids is 1. The molecule has 0 spiro atoms. The zero-order chi connectivity index (χ0) is 30.1. The van der Waals surface area contributed by atoms with Gasteiger partial charge in [-0.3, -0.25) is 29.3 Å². The van der Waals surface area contributed by atoms with Gasteiger partial charge in [0.25, 0.3) is 11.8 Å². The highest BCUT2D eigenvalue weighted by Gasteiger charge is 2.29. The minimum absolute atomic E-state index is 0.00612. The maximum Gasteiger partial charge on any atom is 0.322 e. The Labute approximate surface area is 231 Å². The van der Waals surface area contributed by atoms with E-state index in [0.717, 1.165) is 6.07 Å². The van der Waals surface area contributed by atoms with Crippen LogP contribution in [-0.2, 0) is 9.59 Å². The number of carboxylic acid groups (broad SMARTS) is 1. The molecule has 0 aliphatic heterocycles. The van der Waals surface area contributed by atoms with Gasteiger partial charge >= 0.3 is 11.7 Å². The fourth-order valence-corrected chi connectivity index (χ4v) is 4.38. The molecule has 0 atom stereocenters. The molecule has 0 fully saturated rings. The molecule has 2 aromatic rings. The Balaban J connectivity index is 2.39. The third-order valence-corrected chi connectivity index (χ3v) is 6.72. The minimum atomic E-state index is -1.05. The summed E-state index contributed by atoms with van der Waals surface area (Å²) in [5.74, 6) is -3.98. The number of carboxylic acids is 1. The van der Waals surface area contributed by atoms with Gasteiger partial charge in [0, 0.05) is 46.2 Å². The van der Waals surface area contributed by atoms with E-state index < -0.39 is 39.9 Å². The van der Waals surface area contributed by atoms with Gasteiger partial charge in [-0.1, -0.05) is 0 Å². The van der Waals surface area contributed by atoms with E-state index in [1.54, 1.807) is 27.8 Å². The van der Waals surface area contributed by atoms with E-state index in [4.69, 9.17) is 5.11 Å². The van der Waals surface area contributed by atoms with Crippen LogP contribution in [0.1, 0.15) is 67.2 Å². The highest BCUT2D eigenvalue weighted by Crippen LogP contribution is 2.42. The molecular weight excluding hydrogens is 524 g/mol. The number of amides is 3. The number of unbranched alkanes of at least 4 members (excludes halogenated alkanes) is 1. The standard InChI is InChI=1S/C27H36N4O9/c1-5-29(6-2)26(37)20-16-18-17(15-21(32)25(36)24(18)31(39)40)14-19(20)27(38)30(7-3)13-9-8-12-28(4)22(33)10-11-23(34)35/h14-16,32,36H,5-13H2,1-4H3,(H,34,35). The second-order valence-corrected chi connectivity index (χ2v) is 9.25. The zero-order valence-corrected chi connectivity index (χ0v) is 23.2. The summed E-state index contributed by atoms with van der Waals surface area (Å²) in [7, 11) is 1.58. The topological polar surface area (TPSA) is 182 Å². The lowest BCUT2D eigenvalue weighted by atomic mass is 9.97. The van der Waals surface area contributed by atoms with E-state index in [2.05, 4.69) is 0 Å². The average Bonchev–Trinajstić information content (AvgIpc) is 2.91. The Morgan fingerprint density at radius 3 is 1.95 bits per heavy atom. The van der Waals surface area contributed by atoms with Crippen LogP contribution in [-0.4, -0.2) is 98.4 Å². The summed E-state index contributed by atoms with van der Waals surface area (Å²) in [4.78, 5) is 65.1. The first kappa shape index (κ1) is 31.8. The highest BCUT2D eigenvalue weighted by atomic mass is 16.6. The van der Waals surface area contributed by atoms with Crippen LogP contribution in [0, 0.1) is 10.1 Å². The summed E-state index contributed by atoms with van der Waals surface area (Å²) in [6, 6.07) is 3.64. The fraction of sp³-hybridized carbons (Fsp3) is 0.481. The van der Waals surface area contributed by atoms with Gasteiger partial charge in [-0.15, -0.1) is 0 Å². The predicted octanol–water partition coefficient (Wildman–Crippen LogP) is 3.21. The molecule has 218 valence electrons. The maximum atomic E-state index is 13.7. The molecule has 0 bridgehead atoms. The number of carbonyl (C=O) groups is 4. The number of nitro groups is 1. The average molecular weight is 561 g/mol. The van der Waals surface area contributed by atoms with Crippen LogP contribution in [0.2, 0.25) is 0 Å². The number of phenols is 2. The number of phenolic OH excluding ortho intramolecular Hbond substituents is 2. The van der Waals surface area contributed by atoms with Crippen LogP contribution in [0.5, 0.6) is 11.5 Å². The summed E-state index contributed by atoms with van der Waals surface area (Å²) < 4.78 is 0. The van der Waals surface area contributed by atoms with Crippen LogP contribution in [0.15, 0.2) is 18.2 Å². The second-order valence-electron chi connectivity index (χ2n) is 9.25. The van der Waals surface area contributed by atoms with Crippen molar-refractivity contribution in [2.75, 3.05) is 39.8 Å². The van der Waals surface area contributed by atoms with E-state index in [1.807, 2.05) is 0 Å². The number of rotatable bonds is 14. The van der Waals surface area contributed by atoms with Crippen molar-refractivity contribution in [3.63, 3.8) is 0 Å². The number of hydrogen-bond donors (Lipinski definition) is 3. The van der Waals surface area contributed by atoms with Gasteiger partial charge in [0.05, 0.1) is 27.9 Å². The molecule has 3 amide bonds. The summed E-state index contributed by atoms with van der Waals surface area (Å²) in [6.07, 6.45) is 0.717. The zero-order valence-electron chi connectivity index (χ0n) is 23.2. The number of benzene rings is 2. The number of nitro benzene ring substituents is 1. The predicted molar refractivity (Wildman–Crippen MR) is 147 cm³/mol. The van der Waals surface area contributed by atoms with Gasteiger partial charge in [-0.25, -0.2) is 0 Å². The second kappa shape index (κ2) is 14.1. The molecule has 0 saturated heterocycles. The first-order valence-electron chi connectivity index (χ1n) is 13.1. The molecule has 0 aliphatic rings. The molecule has 3 N–H and O–H groups in total. The molecule has 0 radical (unpaired) electrons. The first-order chi connectivity index (χ1) is 18.9. The Kier molecular flexibility index (Phi) is 11.2. The van der Waals surface area contributed by atoms with Crippen molar-refractivity contribution in [1.29, 1.82) is 0 Å². The molecule has 0 aromatic heterocycles. The minimum Gasteiger partial charge on any atom is -0.504 e. The fourth-order valence-electron chi connectivity index (χ4n) is 4.38. The van der Waals surface area contributed by atoms with Crippen molar-refractivity contribution in [3.8, 4) is 11.5 Å². The SMILES string of the molecule is CCN(CC)C(=O)c1cc2c([N+](=O)[O-])c(O)c(O)cc2cc1C(=O)N(CC)CCCCN(C)C(=O)CCC(=O)O. The Bertz CT molecular complexity index is 1290. The van der Waals surface area contributed by atoms with Crippen LogP contribution in [0.4, 0.5) is 5.69 Å². The molecule has 2 rings (SSSR count). The van der Waals surface area contributed by atoms with E-state index in [9.17, 15) is 39.5 Å². The number of fused-ring (bicyclic) bond motifs is 1. The molecule has 0 unspecified atom stereocenters. The number of hydrogen-bond acceptors (Lipinski definition) is 8. The van der Waals surface area contributed by atoms with Crippen LogP contribution >= 0.6 is 0 Å². The lowest BCUT2D eigenvalue weighted by Crippen LogP contribution is -2.36. The number of carbonyl (C=O) groups excluding carboxylic acids is 3. The van der Waals surface area contributed by atoms with Crippen LogP contribution in [0.25, 0.3) is 10.8 Å². The van der Waals surface area contributed by atoms with E-state index in [-0.39, 0.29) is 40.6 Å². The largest absolute Gasteiger partial charge is 0.504 e. The third kappa shape index (κ3) is 7.36. The molecule has 13 heteroatoms. The normalized spacial score (nSPS) is 10.8. The van der Waals surface area contributed by atoms with E-state index in [0.29, 0.717) is 45.6 Å². The lowest BCUT2D eigenvalue weighted by Gasteiger charge is -2.25. The van der Waals surface area contributed by atoms with Crippen molar-refractivity contribution in [1.82, 2.24) is 14.7 Å². The summed E-state index contributed by atoms with van der Waals surface area (Å²) in [6.45, 7) is 6.92. The summed E-state index contributed by atoms with van der Waals surface area (Å²) >= 11 is 0. The smallest absolute Gasteiger partial charge is 0.322 e. The van der Waals surface area contributed by atoms with Crippen molar-refractivity contribution in [2.24, 2.45) is 0 Å². The first-order valence-corrected chi connectivity index (χ1v) is 13.1. The maximum absolute atomic E-state index is 13.7. The van der Waals surface area contributed by atoms with Crippen LogP contribution < -0.4 is 0 Å². The Hall–Kier alpha value is -4.42. The molecule has 0 heterocycles. The van der Waals surface area contributed by atoms with Gasteiger partial charge in [0.2, 0.25) is 11.7 Å². The molecule has 40 heavy (non-hydrogen) atoms.